The maximum Gasteiger partial charge on any atom is 0.226 e. The van der Waals surface area contributed by atoms with Crippen molar-refractivity contribution in [1.29, 1.82) is 0 Å². The van der Waals surface area contributed by atoms with Crippen LogP contribution >= 0.6 is 23.8 Å². The molecule has 6 heteroatoms. The maximum absolute atomic E-state index is 12.0. The molecule has 0 aliphatic heterocycles. The van der Waals surface area contributed by atoms with Gasteiger partial charge in [-0.05, 0) is 70.6 Å². The first-order valence-electron chi connectivity index (χ1n) is 7.81. The number of hydrogen-bond acceptors (Lipinski definition) is 3. The minimum absolute atomic E-state index is 0.0824. The lowest BCUT2D eigenvalue weighted by molar-refractivity contribution is -0.120. The monoisotopic (exact) mass is 356 g/mol. The Hall–Kier alpha value is -1.33. The highest BCUT2D eigenvalue weighted by molar-refractivity contribution is 7.80. The van der Waals surface area contributed by atoms with E-state index in [1.54, 1.807) is 24.3 Å². The van der Waals surface area contributed by atoms with Gasteiger partial charge in [0.15, 0.2) is 5.11 Å². The number of nitrogens with one attached hydrogen (secondary N) is 1. The minimum Gasteiger partial charge on any atom is -0.494 e. The zero-order valence-corrected chi connectivity index (χ0v) is 15.7. The molecule has 128 valence electrons. The standard InChI is InChI=1S/C17H25ClN2O2S/c1-12(2)20(13(3)4)17(23)19-16(21)6-5-11-22-15-9-7-14(18)8-10-15/h7-10,12-13H,5-6,11H2,1-4H3,(H,19,21,23). The molecule has 0 aromatic heterocycles. The van der Waals surface area contributed by atoms with Crippen molar-refractivity contribution in [2.75, 3.05) is 6.61 Å². The second-order valence-electron chi connectivity index (χ2n) is 5.85. The van der Waals surface area contributed by atoms with E-state index in [1.807, 2.05) is 4.90 Å². The van der Waals surface area contributed by atoms with Crippen LogP contribution in [0.25, 0.3) is 0 Å². The molecule has 0 atom stereocenters. The van der Waals surface area contributed by atoms with Gasteiger partial charge in [0, 0.05) is 23.5 Å². The van der Waals surface area contributed by atoms with Crippen molar-refractivity contribution >= 4 is 34.8 Å². The van der Waals surface area contributed by atoms with Gasteiger partial charge in [0.25, 0.3) is 0 Å². The van der Waals surface area contributed by atoms with Crippen LogP contribution in [0.5, 0.6) is 5.75 Å². The molecule has 0 spiro atoms. The number of halogens is 1. The van der Waals surface area contributed by atoms with Gasteiger partial charge < -0.3 is 15.0 Å². The zero-order chi connectivity index (χ0) is 17.4. The zero-order valence-electron chi connectivity index (χ0n) is 14.1. The van der Waals surface area contributed by atoms with Crippen LogP contribution in [-0.4, -0.2) is 34.6 Å². The third-order valence-corrected chi connectivity index (χ3v) is 3.79. The van der Waals surface area contributed by atoms with Crippen molar-refractivity contribution in [1.82, 2.24) is 10.2 Å². The highest BCUT2D eigenvalue weighted by Gasteiger charge is 2.18. The fourth-order valence-corrected chi connectivity index (χ4v) is 2.93. The lowest BCUT2D eigenvalue weighted by Gasteiger charge is -2.33. The van der Waals surface area contributed by atoms with Crippen LogP contribution in [0.4, 0.5) is 0 Å². The first-order chi connectivity index (χ1) is 10.8. The Morgan fingerprint density at radius 3 is 2.30 bits per heavy atom. The summed E-state index contributed by atoms with van der Waals surface area (Å²) in [5.74, 6) is 0.664. The lowest BCUT2D eigenvalue weighted by Crippen LogP contribution is -2.49. The van der Waals surface area contributed by atoms with E-state index < -0.39 is 0 Å². The van der Waals surface area contributed by atoms with Gasteiger partial charge in [-0.3, -0.25) is 4.79 Å². The fourth-order valence-electron chi connectivity index (χ4n) is 2.27. The van der Waals surface area contributed by atoms with E-state index in [0.717, 1.165) is 5.75 Å². The average molecular weight is 357 g/mol. The van der Waals surface area contributed by atoms with Crippen molar-refractivity contribution in [3.05, 3.63) is 29.3 Å². The summed E-state index contributed by atoms with van der Waals surface area (Å²) in [6.45, 7) is 8.69. The molecule has 1 N–H and O–H groups in total. The molecule has 0 radical (unpaired) electrons. The molecule has 0 saturated carbocycles. The smallest absolute Gasteiger partial charge is 0.226 e. The molecule has 0 saturated heterocycles. The number of carbonyl (C=O) groups excluding carboxylic acids is 1. The van der Waals surface area contributed by atoms with Gasteiger partial charge in [-0.25, -0.2) is 0 Å². The highest BCUT2D eigenvalue weighted by atomic mass is 35.5. The van der Waals surface area contributed by atoms with Gasteiger partial charge >= 0.3 is 0 Å². The van der Waals surface area contributed by atoms with Crippen LogP contribution in [-0.2, 0) is 4.79 Å². The van der Waals surface area contributed by atoms with E-state index in [-0.39, 0.29) is 18.0 Å². The summed E-state index contributed by atoms with van der Waals surface area (Å²) < 4.78 is 5.56. The molecule has 1 aromatic carbocycles. The molecule has 0 aliphatic carbocycles. The van der Waals surface area contributed by atoms with Crippen molar-refractivity contribution < 1.29 is 9.53 Å². The van der Waals surface area contributed by atoms with Gasteiger partial charge in [0.2, 0.25) is 5.91 Å². The molecular formula is C17H25ClN2O2S. The predicted octanol–water partition coefficient (Wildman–Crippen LogP) is 4.02. The summed E-state index contributed by atoms with van der Waals surface area (Å²) in [5.41, 5.74) is 0. The summed E-state index contributed by atoms with van der Waals surface area (Å²) in [4.78, 5) is 14.0. The minimum atomic E-state index is -0.0824. The second kappa shape index (κ2) is 9.73. The third kappa shape index (κ3) is 7.18. The molecule has 0 heterocycles. The Bertz CT molecular complexity index is 510. The number of amides is 1. The van der Waals surface area contributed by atoms with E-state index >= 15 is 0 Å². The quantitative estimate of drug-likeness (QED) is 0.591. The van der Waals surface area contributed by atoms with Crippen LogP contribution in [0, 0.1) is 0 Å². The van der Waals surface area contributed by atoms with E-state index in [4.69, 9.17) is 28.6 Å². The number of nitrogens with zero attached hydrogens (tertiary/aromatic N) is 1. The van der Waals surface area contributed by atoms with Gasteiger partial charge in [-0.2, -0.15) is 0 Å². The molecule has 1 rings (SSSR count). The Morgan fingerprint density at radius 2 is 1.78 bits per heavy atom. The summed E-state index contributed by atoms with van der Waals surface area (Å²) in [6.07, 6.45) is 0.998. The van der Waals surface area contributed by atoms with Crippen molar-refractivity contribution in [3.63, 3.8) is 0 Å². The number of rotatable bonds is 7. The molecular weight excluding hydrogens is 332 g/mol. The van der Waals surface area contributed by atoms with E-state index in [0.29, 0.717) is 29.6 Å². The summed E-state index contributed by atoms with van der Waals surface area (Å²) in [6, 6.07) is 7.65. The maximum atomic E-state index is 12.0. The Balaban J connectivity index is 2.31. The van der Waals surface area contributed by atoms with Crippen LogP contribution in [0.15, 0.2) is 24.3 Å². The molecule has 0 aliphatic rings. The number of benzene rings is 1. The molecule has 0 fully saturated rings. The van der Waals surface area contributed by atoms with Crippen LogP contribution in [0.1, 0.15) is 40.5 Å². The fraction of sp³-hybridized carbons (Fsp3) is 0.529. The SMILES string of the molecule is CC(C)N(C(=S)NC(=O)CCCOc1ccc(Cl)cc1)C(C)C. The molecule has 0 bridgehead atoms. The number of carbonyl (C=O) groups is 1. The molecule has 4 nitrogen and oxygen atoms in total. The van der Waals surface area contributed by atoms with E-state index in [1.165, 1.54) is 0 Å². The third-order valence-electron chi connectivity index (χ3n) is 3.22. The molecule has 23 heavy (non-hydrogen) atoms. The summed E-state index contributed by atoms with van der Waals surface area (Å²) in [5, 5.41) is 3.95. The molecule has 1 amide bonds. The highest BCUT2D eigenvalue weighted by Crippen LogP contribution is 2.15. The van der Waals surface area contributed by atoms with Gasteiger partial charge in [0.05, 0.1) is 6.61 Å². The van der Waals surface area contributed by atoms with Gasteiger partial charge in [0.1, 0.15) is 5.75 Å². The van der Waals surface area contributed by atoms with E-state index in [9.17, 15) is 4.79 Å². The molecule has 1 aromatic rings. The van der Waals surface area contributed by atoms with Gasteiger partial charge in [-0.1, -0.05) is 11.6 Å². The lowest BCUT2D eigenvalue weighted by atomic mass is 10.2. The largest absolute Gasteiger partial charge is 0.494 e. The first kappa shape index (κ1) is 19.7. The Morgan fingerprint density at radius 1 is 1.22 bits per heavy atom. The van der Waals surface area contributed by atoms with Crippen molar-refractivity contribution in [3.8, 4) is 5.75 Å². The van der Waals surface area contributed by atoms with E-state index in [2.05, 4.69) is 33.0 Å². The first-order valence-corrected chi connectivity index (χ1v) is 8.60. The summed E-state index contributed by atoms with van der Waals surface area (Å²) >= 11 is 11.1. The predicted molar refractivity (Wildman–Crippen MR) is 99.0 cm³/mol. The van der Waals surface area contributed by atoms with Crippen molar-refractivity contribution in [2.24, 2.45) is 0 Å². The van der Waals surface area contributed by atoms with Crippen LogP contribution in [0.2, 0.25) is 5.02 Å². The number of thiocarbonyl (C=S) groups is 1. The average Bonchev–Trinajstić information content (AvgIpc) is 2.44. The number of hydrogen-bond donors (Lipinski definition) is 1. The second-order valence-corrected chi connectivity index (χ2v) is 6.68. The van der Waals surface area contributed by atoms with Crippen LogP contribution in [0.3, 0.4) is 0 Å². The Labute approximate surface area is 149 Å². The Kier molecular flexibility index (Phi) is 8.34. The summed E-state index contributed by atoms with van der Waals surface area (Å²) in [7, 11) is 0. The number of ether oxygens (including phenoxy) is 1. The molecule has 0 unspecified atom stereocenters. The topological polar surface area (TPSA) is 41.6 Å². The van der Waals surface area contributed by atoms with Crippen molar-refractivity contribution in [2.45, 2.75) is 52.6 Å². The van der Waals surface area contributed by atoms with Crippen LogP contribution < -0.4 is 10.1 Å². The normalized spacial score (nSPS) is 10.7. The van der Waals surface area contributed by atoms with Gasteiger partial charge in [-0.15, -0.1) is 0 Å².